The van der Waals surface area contributed by atoms with Gasteiger partial charge < -0.3 is 10.6 Å². The molecule has 0 aliphatic heterocycles. The van der Waals surface area contributed by atoms with E-state index in [2.05, 4.69) is 10.6 Å². The number of nitrogens with one attached hydrogen (secondary N) is 2. The normalized spacial score (nSPS) is 13.2. The maximum absolute atomic E-state index is 13.5. The third-order valence-corrected chi connectivity index (χ3v) is 2.96. The second-order valence-electron chi connectivity index (χ2n) is 4.74. The predicted octanol–water partition coefficient (Wildman–Crippen LogP) is 2.14. The smallest absolute Gasteiger partial charge is 0.240 e. The predicted molar refractivity (Wildman–Crippen MR) is 66.1 cm³/mol. The molecule has 0 fully saturated rings. The van der Waals surface area contributed by atoms with Gasteiger partial charge in [0.25, 0.3) is 0 Å². The number of carbonyl (C=O) groups excluding carboxylic acids is 1. The van der Waals surface area contributed by atoms with E-state index in [1.807, 2.05) is 0 Å². The van der Waals surface area contributed by atoms with Gasteiger partial charge in [-0.3, -0.25) is 4.79 Å². The van der Waals surface area contributed by atoms with Gasteiger partial charge in [-0.2, -0.15) is 0 Å². The Morgan fingerprint density at radius 1 is 1.33 bits per heavy atom. The first kappa shape index (κ1) is 14.6. The fourth-order valence-electron chi connectivity index (χ4n) is 1.41. The van der Waals surface area contributed by atoms with E-state index in [0.29, 0.717) is 0 Å². The van der Waals surface area contributed by atoms with Crippen LogP contribution >= 0.6 is 0 Å². The third kappa shape index (κ3) is 3.26. The molecule has 0 aliphatic rings. The topological polar surface area (TPSA) is 41.1 Å². The molecule has 1 unspecified atom stereocenters. The Bertz CT molecular complexity index is 447. The van der Waals surface area contributed by atoms with Gasteiger partial charge in [0.1, 0.15) is 11.6 Å². The number of halogens is 2. The van der Waals surface area contributed by atoms with Crippen LogP contribution in [0.4, 0.5) is 8.78 Å². The minimum atomic E-state index is -0.766. The Balaban J connectivity index is 2.86. The summed E-state index contributed by atoms with van der Waals surface area (Å²) in [4.78, 5) is 11.9. The molecule has 100 valence electrons. The minimum Gasteiger partial charge on any atom is -0.348 e. The van der Waals surface area contributed by atoms with Crippen LogP contribution in [0.25, 0.3) is 0 Å². The number of hydrogen-bond donors (Lipinski definition) is 2. The summed E-state index contributed by atoms with van der Waals surface area (Å²) in [7, 11) is 1.66. The lowest BCUT2D eigenvalue weighted by Gasteiger charge is -2.25. The molecule has 0 heterocycles. The molecule has 0 bridgehead atoms. The highest BCUT2D eigenvalue weighted by molar-refractivity contribution is 5.85. The molecule has 1 amide bonds. The van der Waals surface area contributed by atoms with Crippen LogP contribution in [-0.2, 0) is 4.79 Å². The quantitative estimate of drug-likeness (QED) is 0.866. The lowest BCUT2D eigenvalue weighted by Crippen LogP contribution is -2.51. The maximum atomic E-state index is 13.5. The molecular formula is C13H18F2N2O. The monoisotopic (exact) mass is 256 g/mol. The van der Waals surface area contributed by atoms with E-state index >= 15 is 0 Å². The van der Waals surface area contributed by atoms with Gasteiger partial charge in [-0.15, -0.1) is 0 Å². The first-order valence-corrected chi connectivity index (χ1v) is 5.72. The van der Waals surface area contributed by atoms with Crippen molar-refractivity contribution in [2.75, 3.05) is 7.05 Å². The van der Waals surface area contributed by atoms with Gasteiger partial charge in [-0.1, -0.05) is 0 Å². The average molecular weight is 256 g/mol. The van der Waals surface area contributed by atoms with Crippen molar-refractivity contribution in [3.63, 3.8) is 0 Å². The fraction of sp³-hybridized carbons (Fsp3) is 0.462. The Hall–Kier alpha value is -1.49. The van der Waals surface area contributed by atoms with Gasteiger partial charge in [-0.05, 0) is 46.0 Å². The van der Waals surface area contributed by atoms with Crippen molar-refractivity contribution in [3.05, 3.63) is 35.4 Å². The van der Waals surface area contributed by atoms with Crippen molar-refractivity contribution in [1.82, 2.24) is 10.6 Å². The molecule has 0 saturated heterocycles. The highest BCUT2D eigenvalue weighted by Crippen LogP contribution is 2.18. The summed E-state index contributed by atoms with van der Waals surface area (Å²) in [6, 6.07) is 2.59. The van der Waals surface area contributed by atoms with E-state index in [1.54, 1.807) is 27.8 Å². The van der Waals surface area contributed by atoms with Crippen LogP contribution in [-0.4, -0.2) is 18.5 Å². The van der Waals surface area contributed by atoms with Crippen LogP contribution in [0.3, 0.4) is 0 Å². The van der Waals surface area contributed by atoms with E-state index < -0.39 is 23.2 Å². The molecule has 0 spiro atoms. The number of likely N-dealkylation sites (N-methyl/N-ethyl adjacent to an activating group) is 1. The molecule has 0 radical (unpaired) electrons. The van der Waals surface area contributed by atoms with Crippen molar-refractivity contribution in [2.45, 2.75) is 32.4 Å². The van der Waals surface area contributed by atoms with Crippen LogP contribution in [0.15, 0.2) is 18.2 Å². The number of hydrogen-bond acceptors (Lipinski definition) is 2. The number of rotatable bonds is 4. The van der Waals surface area contributed by atoms with E-state index in [0.717, 1.165) is 18.2 Å². The highest BCUT2D eigenvalue weighted by atomic mass is 19.1. The molecule has 5 heteroatoms. The van der Waals surface area contributed by atoms with E-state index in [-0.39, 0.29) is 11.5 Å². The number of amides is 1. The average Bonchev–Trinajstić information content (AvgIpc) is 2.31. The molecule has 0 aliphatic carbocycles. The molecule has 1 rings (SSSR count). The second-order valence-corrected chi connectivity index (χ2v) is 4.74. The Labute approximate surface area is 106 Å². The molecule has 18 heavy (non-hydrogen) atoms. The van der Waals surface area contributed by atoms with Crippen LogP contribution in [0.5, 0.6) is 0 Å². The van der Waals surface area contributed by atoms with Crippen LogP contribution in [0.2, 0.25) is 0 Å². The van der Waals surface area contributed by atoms with Gasteiger partial charge in [0.15, 0.2) is 0 Å². The highest BCUT2D eigenvalue weighted by Gasteiger charge is 2.27. The summed E-state index contributed by atoms with van der Waals surface area (Å²) >= 11 is 0. The van der Waals surface area contributed by atoms with E-state index in [9.17, 15) is 13.6 Å². The van der Waals surface area contributed by atoms with Gasteiger partial charge in [0, 0.05) is 5.56 Å². The molecular weight excluding hydrogens is 238 g/mol. The molecule has 1 aromatic rings. The molecule has 1 aromatic carbocycles. The Morgan fingerprint density at radius 3 is 2.50 bits per heavy atom. The zero-order valence-corrected chi connectivity index (χ0v) is 11.0. The summed E-state index contributed by atoms with van der Waals surface area (Å²) in [5.41, 5.74) is -0.631. The molecule has 1 atom stereocenters. The van der Waals surface area contributed by atoms with Gasteiger partial charge in [-0.25, -0.2) is 8.78 Å². The standard InChI is InChI=1S/C13H18F2N2O/c1-8(17-12(18)13(2,3)16-4)10-7-9(14)5-6-11(10)15/h5-8,16H,1-4H3,(H,17,18). The Kier molecular flexibility index (Phi) is 4.40. The van der Waals surface area contributed by atoms with Gasteiger partial charge in [0.2, 0.25) is 5.91 Å². The zero-order chi connectivity index (χ0) is 13.9. The van der Waals surface area contributed by atoms with E-state index in [1.165, 1.54) is 0 Å². The van der Waals surface area contributed by atoms with Crippen molar-refractivity contribution in [2.24, 2.45) is 0 Å². The van der Waals surface area contributed by atoms with Gasteiger partial charge >= 0.3 is 0 Å². The largest absolute Gasteiger partial charge is 0.348 e. The molecule has 0 saturated carbocycles. The SMILES string of the molecule is CNC(C)(C)C(=O)NC(C)c1cc(F)ccc1F. The van der Waals surface area contributed by atoms with Crippen molar-refractivity contribution < 1.29 is 13.6 Å². The summed E-state index contributed by atoms with van der Waals surface area (Å²) in [6.07, 6.45) is 0. The van der Waals surface area contributed by atoms with Gasteiger partial charge in [0.05, 0.1) is 11.6 Å². The van der Waals surface area contributed by atoms with Crippen LogP contribution < -0.4 is 10.6 Å². The maximum Gasteiger partial charge on any atom is 0.240 e. The summed E-state index contributed by atoms with van der Waals surface area (Å²) in [5, 5.41) is 5.49. The fourth-order valence-corrected chi connectivity index (χ4v) is 1.41. The van der Waals surface area contributed by atoms with Crippen LogP contribution in [0, 0.1) is 11.6 Å². The number of benzene rings is 1. The van der Waals surface area contributed by atoms with Crippen molar-refractivity contribution in [1.29, 1.82) is 0 Å². The lowest BCUT2D eigenvalue weighted by molar-refractivity contribution is -0.126. The summed E-state index contributed by atoms with van der Waals surface area (Å²) in [6.45, 7) is 5.02. The number of carbonyl (C=O) groups is 1. The summed E-state index contributed by atoms with van der Waals surface area (Å²) in [5.74, 6) is -1.34. The molecule has 2 N–H and O–H groups in total. The third-order valence-electron chi connectivity index (χ3n) is 2.96. The first-order valence-electron chi connectivity index (χ1n) is 5.72. The van der Waals surface area contributed by atoms with E-state index in [4.69, 9.17) is 0 Å². The first-order chi connectivity index (χ1) is 8.27. The summed E-state index contributed by atoms with van der Waals surface area (Å²) < 4.78 is 26.6. The lowest BCUT2D eigenvalue weighted by atomic mass is 10.0. The minimum absolute atomic E-state index is 0.134. The molecule has 0 aromatic heterocycles. The Morgan fingerprint density at radius 2 is 1.94 bits per heavy atom. The second kappa shape index (κ2) is 5.44. The van der Waals surface area contributed by atoms with Crippen molar-refractivity contribution in [3.8, 4) is 0 Å². The van der Waals surface area contributed by atoms with Crippen molar-refractivity contribution >= 4 is 5.91 Å². The zero-order valence-electron chi connectivity index (χ0n) is 11.0. The van der Waals surface area contributed by atoms with Crippen LogP contribution in [0.1, 0.15) is 32.4 Å². The molecule has 3 nitrogen and oxygen atoms in total.